The van der Waals surface area contributed by atoms with Gasteiger partial charge in [0.05, 0.1) is 10.5 Å². The molecule has 1 aliphatic heterocycles. The predicted molar refractivity (Wildman–Crippen MR) is 74.5 cm³/mol. The monoisotopic (exact) mass is 273 g/mol. The summed E-state index contributed by atoms with van der Waals surface area (Å²) in [5, 5.41) is 16.9. The molecule has 1 aliphatic carbocycles. The van der Waals surface area contributed by atoms with Crippen molar-refractivity contribution in [2.75, 3.05) is 5.32 Å². The Hall–Kier alpha value is -2.37. The average molecular weight is 273 g/mol. The minimum atomic E-state index is -0.494. The van der Waals surface area contributed by atoms with Crippen LogP contribution in [0.5, 0.6) is 0 Å². The molecule has 20 heavy (non-hydrogen) atoms. The van der Waals surface area contributed by atoms with E-state index in [1.165, 1.54) is 12.1 Å². The lowest BCUT2D eigenvalue weighted by molar-refractivity contribution is -0.384. The van der Waals surface area contributed by atoms with Gasteiger partial charge in [-0.2, -0.15) is 0 Å². The second-order valence-corrected chi connectivity index (χ2v) is 5.13. The lowest BCUT2D eigenvalue weighted by Crippen LogP contribution is -2.49. The third-order valence-electron chi connectivity index (χ3n) is 3.84. The molecule has 0 radical (unpaired) electrons. The number of allylic oxidation sites excluding steroid dienone is 2. The third kappa shape index (κ3) is 2.24. The molecule has 0 unspecified atom stereocenters. The highest BCUT2D eigenvalue weighted by molar-refractivity contribution is 6.02. The van der Waals surface area contributed by atoms with Crippen LogP contribution in [0.15, 0.2) is 30.4 Å². The van der Waals surface area contributed by atoms with Crippen LogP contribution >= 0.6 is 0 Å². The fourth-order valence-corrected chi connectivity index (χ4v) is 2.74. The second-order valence-electron chi connectivity index (χ2n) is 5.13. The molecule has 0 saturated carbocycles. The van der Waals surface area contributed by atoms with E-state index in [-0.39, 0.29) is 17.8 Å². The maximum Gasteiger partial charge on any atom is 0.270 e. The topological polar surface area (TPSA) is 84.3 Å². The molecule has 6 nitrogen and oxygen atoms in total. The zero-order chi connectivity index (χ0) is 14.1. The highest BCUT2D eigenvalue weighted by Gasteiger charge is 2.30. The van der Waals surface area contributed by atoms with Gasteiger partial charge in [0.2, 0.25) is 0 Å². The standard InChI is InChI=1S/C14H15N3O3/c18-14-11-8-10(17(19)20)6-7-12(11)15-13(16-14)9-4-2-1-3-5-9/h1-2,6-9,13,15H,3-5H2,(H,16,18)/t9-,13-/m0/s1. The van der Waals surface area contributed by atoms with E-state index in [2.05, 4.69) is 22.8 Å². The number of benzene rings is 1. The largest absolute Gasteiger partial charge is 0.364 e. The lowest BCUT2D eigenvalue weighted by Gasteiger charge is -2.34. The Morgan fingerprint density at radius 1 is 1.25 bits per heavy atom. The molecule has 2 N–H and O–H groups in total. The van der Waals surface area contributed by atoms with E-state index in [0.29, 0.717) is 17.2 Å². The van der Waals surface area contributed by atoms with Gasteiger partial charge < -0.3 is 10.6 Å². The molecule has 104 valence electrons. The van der Waals surface area contributed by atoms with Crippen molar-refractivity contribution < 1.29 is 9.72 Å². The van der Waals surface area contributed by atoms with Crippen LogP contribution in [0.3, 0.4) is 0 Å². The minimum absolute atomic E-state index is 0.0697. The van der Waals surface area contributed by atoms with Gasteiger partial charge in [-0.05, 0) is 25.3 Å². The molecule has 1 amide bonds. The Balaban J connectivity index is 1.86. The first kappa shape index (κ1) is 12.7. The van der Waals surface area contributed by atoms with Crippen molar-refractivity contribution in [1.29, 1.82) is 0 Å². The Bertz CT molecular complexity index is 597. The third-order valence-corrected chi connectivity index (χ3v) is 3.84. The van der Waals surface area contributed by atoms with Gasteiger partial charge in [-0.15, -0.1) is 0 Å². The molecule has 0 aromatic heterocycles. The molecule has 0 spiro atoms. The van der Waals surface area contributed by atoms with Crippen LogP contribution < -0.4 is 10.6 Å². The van der Waals surface area contributed by atoms with Crippen molar-refractivity contribution in [3.63, 3.8) is 0 Å². The summed E-state index contributed by atoms with van der Waals surface area (Å²) in [6.45, 7) is 0. The maximum absolute atomic E-state index is 12.1. The molecule has 6 heteroatoms. The summed E-state index contributed by atoms with van der Waals surface area (Å²) in [5.74, 6) is 0.106. The van der Waals surface area contributed by atoms with Crippen molar-refractivity contribution in [3.05, 3.63) is 46.0 Å². The number of hydrogen-bond acceptors (Lipinski definition) is 4. The van der Waals surface area contributed by atoms with E-state index in [1.54, 1.807) is 6.07 Å². The number of anilines is 1. The average Bonchev–Trinajstić information content (AvgIpc) is 2.47. The molecule has 0 saturated heterocycles. The quantitative estimate of drug-likeness (QED) is 0.492. The fraction of sp³-hybridized carbons (Fsp3) is 0.357. The zero-order valence-electron chi connectivity index (χ0n) is 10.8. The number of nitro benzene ring substituents is 1. The number of nitro groups is 1. The number of fused-ring (bicyclic) bond motifs is 1. The number of nitrogens with zero attached hydrogens (tertiary/aromatic N) is 1. The van der Waals surface area contributed by atoms with Crippen LogP contribution in [0, 0.1) is 16.0 Å². The number of carbonyl (C=O) groups excluding carboxylic acids is 1. The van der Waals surface area contributed by atoms with Crippen LogP contribution in [-0.4, -0.2) is 17.0 Å². The number of non-ortho nitro benzene ring substituents is 1. The van der Waals surface area contributed by atoms with Crippen molar-refractivity contribution >= 4 is 17.3 Å². The van der Waals surface area contributed by atoms with Crippen LogP contribution in [0.25, 0.3) is 0 Å². The summed E-state index contributed by atoms with van der Waals surface area (Å²) < 4.78 is 0. The number of nitrogens with one attached hydrogen (secondary N) is 2. The van der Waals surface area contributed by atoms with E-state index >= 15 is 0 Å². The molecule has 1 aromatic rings. The molecular formula is C14H15N3O3. The smallest absolute Gasteiger partial charge is 0.270 e. The first-order chi connectivity index (χ1) is 9.65. The Labute approximate surface area is 116 Å². The highest BCUT2D eigenvalue weighted by atomic mass is 16.6. The zero-order valence-corrected chi connectivity index (χ0v) is 10.8. The van der Waals surface area contributed by atoms with Crippen molar-refractivity contribution in [3.8, 4) is 0 Å². The maximum atomic E-state index is 12.1. The number of hydrogen-bond donors (Lipinski definition) is 2. The van der Waals surface area contributed by atoms with E-state index in [0.717, 1.165) is 19.3 Å². The number of rotatable bonds is 2. The van der Waals surface area contributed by atoms with Gasteiger partial charge >= 0.3 is 0 Å². The summed E-state index contributed by atoms with van der Waals surface area (Å²) in [5.41, 5.74) is 0.931. The SMILES string of the molecule is O=C1N[C@@H]([C@H]2CC=CCC2)Nc2ccc([N+](=O)[O-])cc21. The van der Waals surface area contributed by atoms with Gasteiger partial charge in [0.25, 0.3) is 11.6 Å². The lowest BCUT2D eigenvalue weighted by atomic mass is 9.90. The van der Waals surface area contributed by atoms with Gasteiger partial charge in [-0.25, -0.2) is 0 Å². The van der Waals surface area contributed by atoms with E-state index in [4.69, 9.17) is 0 Å². The van der Waals surface area contributed by atoms with E-state index in [1.807, 2.05) is 0 Å². The molecule has 2 aliphatic rings. The Morgan fingerprint density at radius 3 is 2.80 bits per heavy atom. The second kappa shape index (κ2) is 4.96. The summed E-state index contributed by atoms with van der Waals surface area (Å²) in [7, 11) is 0. The predicted octanol–water partition coefficient (Wildman–Crippen LogP) is 2.43. The molecule has 0 bridgehead atoms. The Morgan fingerprint density at radius 2 is 2.10 bits per heavy atom. The van der Waals surface area contributed by atoms with Crippen molar-refractivity contribution in [2.45, 2.75) is 25.4 Å². The molecule has 2 atom stereocenters. The molecule has 3 rings (SSSR count). The van der Waals surface area contributed by atoms with Crippen LogP contribution in [0.1, 0.15) is 29.6 Å². The number of amides is 1. The highest BCUT2D eigenvalue weighted by Crippen LogP contribution is 2.30. The summed E-state index contributed by atoms with van der Waals surface area (Å²) in [6.07, 6.45) is 7.15. The normalized spacial score (nSPS) is 24.5. The van der Waals surface area contributed by atoms with Crippen LogP contribution in [0.2, 0.25) is 0 Å². The summed E-state index contributed by atoms with van der Waals surface area (Å²) >= 11 is 0. The number of carbonyl (C=O) groups is 1. The van der Waals surface area contributed by atoms with Gasteiger partial charge in [0.1, 0.15) is 6.17 Å². The van der Waals surface area contributed by atoms with Crippen LogP contribution in [-0.2, 0) is 0 Å². The summed E-state index contributed by atoms with van der Waals surface area (Å²) in [6, 6.07) is 4.34. The molecular weight excluding hydrogens is 258 g/mol. The summed E-state index contributed by atoms with van der Waals surface area (Å²) in [4.78, 5) is 22.4. The fourth-order valence-electron chi connectivity index (χ4n) is 2.74. The molecule has 1 aromatic carbocycles. The van der Waals surface area contributed by atoms with Crippen molar-refractivity contribution in [2.24, 2.45) is 5.92 Å². The van der Waals surface area contributed by atoms with Crippen LogP contribution in [0.4, 0.5) is 11.4 Å². The van der Waals surface area contributed by atoms with E-state index < -0.39 is 4.92 Å². The Kier molecular flexibility index (Phi) is 3.14. The molecule has 0 fully saturated rings. The first-order valence-electron chi connectivity index (χ1n) is 6.66. The van der Waals surface area contributed by atoms with Gasteiger partial charge in [0, 0.05) is 23.7 Å². The first-order valence-corrected chi connectivity index (χ1v) is 6.66. The van der Waals surface area contributed by atoms with Crippen molar-refractivity contribution in [1.82, 2.24) is 5.32 Å². The van der Waals surface area contributed by atoms with Gasteiger partial charge in [-0.3, -0.25) is 14.9 Å². The van der Waals surface area contributed by atoms with Gasteiger partial charge in [0.15, 0.2) is 0 Å². The van der Waals surface area contributed by atoms with Gasteiger partial charge in [-0.1, -0.05) is 12.2 Å². The minimum Gasteiger partial charge on any atom is -0.364 e. The molecule has 1 heterocycles. The van der Waals surface area contributed by atoms with E-state index in [9.17, 15) is 14.9 Å².